The van der Waals surface area contributed by atoms with Gasteiger partial charge in [-0.05, 0) is 32.4 Å². The number of fused-ring (bicyclic) bond motifs is 1. The first-order valence-corrected chi connectivity index (χ1v) is 13.8. The number of piperazine rings is 1. The van der Waals surface area contributed by atoms with Crippen LogP contribution in [0.2, 0.25) is 0 Å². The molecule has 0 aliphatic carbocycles. The second-order valence-corrected chi connectivity index (χ2v) is 10.2. The van der Waals surface area contributed by atoms with Crippen LogP contribution < -0.4 is 10.1 Å². The van der Waals surface area contributed by atoms with Crippen molar-refractivity contribution in [3.8, 4) is 5.75 Å². The fourth-order valence-electron chi connectivity index (χ4n) is 4.31. The normalized spacial score (nSPS) is 14.1. The van der Waals surface area contributed by atoms with Crippen LogP contribution in [0.15, 0.2) is 35.7 Å². The van der Waals surface area contributed by atoms with Crippen molar-refractivity contribution < 1.29 is 33.8 Å². The molecule has 1 aliphatic heterocycles. The molecule has 0 spiro atoms. The first kappa shape index (κ1) is 28.7. The van der Waals surface area contributed by atoms with Gasteiger partial charge in [-0.15, -0.1) is 11.3 Å². The molecule has 3 heterocycles. The van der Waals surface area contributed by atoms with Gasteiger partial charge in [-0.3, -0.25) is 14.4 Å². The molecule has 0 unspecified atom stereocenters. The molecule has 40 heavy (non-hydrogen) atoms. The summed E-state index contributed by atoms with van der Waals surface area (Å²) in [6.45, 7) is 5.09. The van der Waals surface area contributed by atoms with Crippen molar-refractivity contribution in [2.75, 3.05) is 32.8 Å². The van der Waals surface area contributed by atoms with E-state index in [0.717, 1.165) is 10.7 Å². The van der Waals surface area contributed by atoms with E-state index in [1.807, 2.05) is 24.4 Å². The average molecular weight is 570 g/mol. The lowest BCUT2D eigenvalue weighted by molar-refractivity contribution is -0.138. The quantitative estimate of drug-likeness (QED) is 0.375. The number of aryl methyl sites for hydroxylation is 1. The third kappa shape index (κ3) is 7.23. The van der Waals surface area contributed by atoms with Crippen molar-refractivity contribution in [2.24, 2.45) is 0 Å². The molecule has 1 aromatic carbocycles. The van der Waals surface area contributed by atoms with E-state index in [9.17, 15) is 24.3 Å². The molecule has 2 aromatic heterocycles. The van der Waals surface area contributed by atoms with E-state index in [-0.39, 0.29) is 57.9 Å². The first-order valence-electron chi connectivity index (χ1n) is 12.9. The van der Waals surface area contributed by atoms with Gasteiger partial charge in [0.15, 0.2) is 0 Å². The molecule has 1 saturated heterocycles. The highest BCUT2D eigenvalue weighted by Gasteiger charge is 2.31. The Balaban J connectivity index is 1.50. The predicted molar refractivity (Wildman–Crippen MR) is 146 cm³/mol. The largest absolute Gasteiger partial charge is 0.486 e. The molecule has 0 bridgehead atoms. The second-order valence-electron chi connectivity index (χ2n) is 9.14. The SMILES string of the molecule is CCOC(=O)N1CCN(C(=O)[C@H](CCC(=O)O)NC(=O)c2cc(OCc3csc(C)n3)c3ccccc3n2)CC1. The van der Waals surface area contributed by atoms with Crippen LogP contribution in [0, 0.1) is 6.92 Å². The molecule has 4 rings (SSSR count). The fraction of sp³-hybridized carbons (Fsp3) is 0.407. The number of hydrogen-bond donors (Lipinski definition) is 2. The Bertz CT molecular complexity index is 1390. The van der Waals surface area contributed by atoms with Crippen molar-refractivity contribution in [3.63, 3.8) is 0 Å². The summed E-state index contributed by atoms with van der Waals surface area (Å²) in [4.78, 5) is 61.9. The number of para-hydroxylation sites is 1. The standard InChI is InChI=1S/C27H31N5O7S/c1-3-38-27(37)32-12-10-31(11-13-32)26(36)21(8-9-24(33)34)30-25(35)22-14-23(19-6-4-5-7-20(19)29-22)39-15-18-16-40-17(2)28-18/h4-7,14,16,21H,3,8-13,15H2,1-2H3,(H,30,35)(H,33,34)/t21-/m0/s1. The van der Waals surface area contributed by atoms with Crippen molar-refractivity contribution in [1.82, 2.24) is 25.1 Å². The van der Waals surface area contributed by atoms with Crippen LogP contribution in [0.1, 0.15) is 41.0 Å². The van der Waals surface area contributed by atoms with Crippen molar-refractivity contribution in [3.05, 3.63) is 52.1 Å². The smallest absolute Gasteiger partial charge is 0.409 e. The third-order valence-electron chi connectivity index (χ3n) is 6.32. The second kappa shape index (κ2) is 13.2. The van der Waals surface area contributed by atoms with Gasteiger partial charge in [0.1, 0.15) is 24.1 Å². The number of carboxylic acids is 1. The summed E-state index contributed by atoms with van der Waals surface area (Å²) in [5, 5.41) is 15.4. The van der Waals surface area contributed by atoms with Crippen LogP contribution in [0.25, 0.3) is 10.9 Å². The lowest BCUT2D eigenvalue weighted by Crippen LogP contribution is -2.56. The minimum absolute atomic E-state index is 0.0309. The van der Waals surface area contributed by atoms with Gasteiger partial charge in [-0.2, -0.15) is 0 Å². The number of aliphatic carboxylic acids is 1. The zero-order valence-corrected chi connectivity index (χ0v) is 23.1. The maximum Gasteiger partial charge on any atom is 0.409 e. The third-order valence-corrected chi connectivity index (χ3v) is 7.14. The van der Waals surface area contributed by atoms with Gasteiger partial charge in [-0.25, -0.2) is 14.8 Å². The van der Waals surface area contributed by atoms with Gasteiger partial charge in [0.2, 0.25) is 5.91 Å². The molecule has 212 valence electrons. The van der Waals surface area contributed by atoms with Gasteiger partial charge in [0.25, 0.3) is 5.91 Å². The van der Waals surface area contributed by atoms with E-state index < -0.39 is 29.9 Å². The van der Waals surface area contributed by atoms with Crippen molar-refractivity contribution in [2.45, 2.75) is 39.3 Å². The molecular weight excluding hydrogens is 538 g/mol. The predicted octanol–water partition coefficient (Wildman–Crippen LogP) is 2.84. The average Bonchev–Trinajstić information content (AvgIpc) is 3.38. The van der Waals surface area contributed by atoms with Crippen LogP contribution in [-0.4, -0.2) is 87.6 Å². The van der Waals surface area contributed by atoms with Crippen LogP contribution >= 0.6 is 11.3 Å². The summed E-state index contributed by atoms with van der Waals surface area (Å²) in [7, 11) is 0. The highest BCUT2D eigenvalue weighted by molar-refractivity contribution is 7.09. The number of rotatable bonds is 10. The van der Waals surface area contributed by atoms with Crippen LogP contribution in [0.5, 0.6) is 5.75 Å². The Labute approximate surface area is 234 Å². The number of hydrogen-bond acceptors (Lipinski definition) is 9. The Hall–Kier alpha value is -4.26. The monoisotopic (exact) mass is 569 g/mol. The number of nitrogens with one attached hydrogen (secondary N) is 1. The Morgan fingerprint density at radius 3 is 2.50 bits per heavy atom. The van der Waals surface area contributed by atoms with E-state index in [1.165, 1.54) is 27.2 Å². The molecule has 2 N–H and O–H groups in total. The number of thiazole rings is 1. The van der Waals surface area contributed by atoms with E-state index in [0.29, 0.717) is 16.7 Å². The maximum atomic E-state index is 13.4. The number of aromatic nitrogens is 2. The first-order chi connectivity index (χ1) is 19.2. The van der Waals surface area contributed by atoms with Gasteiger partial charge in [0.05, 0.1) is 22.8 Å². The Kier molecular flexibility index (Phi) is 9.48. The Morgan fingerprint density at radius 1 is 1.10 bits per heavy atom. The topological polar surface area (TPSA) is 151 Å². The summed E-state index contributed by atoms with van der Waals surface area (Å²) < 4.78 is 11.0. The van der Waals surface area contributed by atoms with Gasteiger partial charge < -0.3 is 29.7 Å². The minimum atomic E-state index is -1.09. The molecular formula is C27H31N5O7S. The highest BCUT2D eigenvalue weighted by atomic mass is 32.1. The number of benzene rings is 1. The number of amides is 3. The molecule has 3 aromatic rings. The van der Waals surface area contributed by atoms with Gasteiger partial charge in [-0.1, -0.05) is 12.1 Å². The minimum Gasteiger partial charge on any atom is -0.486 e. The summed E-state index contributed by atoms with van der Waals surface area (Å²) in [6, 6.07) is 7.63. The van der Waals surface area contributed by atoms with Gasteiger partial charge in [0, 0.05) is 49.4 Å². The van der Waals surface area contributed by atoms with Gasteiger partial charge >= 0.3 is 12.1 Å². The highest BCUT2D eigenvalue weighted by Crippen LogP contribution is 2.27. The maximum absolute atomic E-state index is 13.4. The number of carboxylic acid groups (broad SMARTS) is 1. The summed E-state index contributed by atoms with van der Waals surface area (Å²) in [6.07, 6.45) is -0.861. The van der Waals surface area contributed by atoms with Crippen LogP contribution in [-0.2, 0) is 20.9 Å². The number of carbonyl (C=O) groups is 4. The molecule has 0 saturated carbocycles. The summed E-state index contributed by atoms with van der Waals surface area (Å²) in [5.74, 6) is -1.70. The zero-order valence-electron chi connectivity index (χ0n) is 22.3. The number of carbonyl (C=O) groups excluding carboxylic acids is 3. The van der Waals surface area contributed by atoms with E-state index in [2.05, 4.69) is 15.3 Å². The van der Waals surface area contributed by atoms with E-state index in [1.54, 1.807) is 19.1 Å². The van der Waals surface area contributed by atoms with E-state index >= 15 is 0 Å². The van der Waals surface area contributed by atoms with Crippen molar-refractivity contribution >= 4 is 46.1 Å². The fourth-order valence-corrected chi connectivity index (χ4v) is 4.90. The zero-order chi connectivity index (χ0) is 28.6. The number of ether oxygens (including phenoxy) is 2. The van der Waals surface area contributed by atoms with Crippen molar-refractivity contribution in [1.29, 1.82) is 0 Å². The molecule has 3 amide bonds. The van der Waals surface area contributed by atoms with Crippen LogP contribution in [0.3, 0.4) is 0 Å². The molecule has 1 atom stereocenters. The molecule has 0 radical (unpaired) electrons. The molecule has 12 nitrogen and oxygen atoms in total. The summed E-state index contributed by atoms with van der Waals surface area (Å²) >= 11 is 1.51. The van der Waals surface area contributed by atoms with Crippen LogP contribution in [0.4, 0.5) is 4.79 Å². The van der Waals surface area contributed by atoms with E-state index in [4.69, 9.17) is 9.47 Å². The number of nitrogens with zero attached hydrogens (tertiary/aromatic N) is 4. The molecule has 1 fully saturated rings. The number of pyridine rings is 1. The Morgan fingerprint density at radius 2 is 1.82 bits per heavy atom. The lowest BCUT2D eigenvalue weighted by atomic mass is 10.1. The lowest BCUT2D eigenvalue weighted by Gasteiger charge is -2.35. The summed E-state index contributed by atoms with van der Waals surface area (Å²) in [5.41, 5.74) is 1.32. The molecule has 13 heteroatoms. The molecule has 1 aliphatic rings.